The molecule has 3 aromatic carbocycles. The lowest BCUT2D eigenvalue weighted by molar-refractivity contribution is -0.132. The fourth-order valence-corrected chi connectivity index (χ4v) is 4.59. The van der Waals surface area contributed by atoms with E-state index in [1.807, 2.05) is 0 Å². The number of ether oxygens (including phenoxy) is 3. The number of benzene rings is 3. The molecule has 1 heterocycles. The minimum absolute atomic E-state index is 0.137. The number of aliphatic hydroxyl groups excluding tert-OH is 1. The minimum atomic E-state index is -1.01. The van der Waals surface area contributed by atoms with Crippen molar-refractivity contribution in [1.82, 2.24) is 0 Å². The third-order valence-corrected chi connectivity index (χ3v) is 6.59. The number of hydrogen-bond donors (Lipinski definition) is 1. The molecule has 1 N–H and O–H groups in total. The van der Waals surface area contributed by atoms with Crippen LogP contribution < -0.4 is 19.1 Å². The molecule has 3 aromatic rings. The van der Waals surface area contributed by atoms with Gasteiger partial charge < -0.3 is 19.3 Å². The first kappa shape index (κ1) is 25.4. The Balaban J connectivity index is 2.03. The quantitative estimate of drug-likeness (QED) is 0.242. The van der Waals surface area contributed by atoms with Gasteiger partial charge in [0.1, 0.15) is 11.5 Å². The minimum Gasteiger partial charge on any atom is -0.507 e. The van der Waals surface area contributed by atoms with Crippen LogP contribution in [0.5, 0.6) is 17.2 Å². The van der Waals surface area contributed by atoms with E-state index in [-0.39, 0.29) is 16.2 Å². The summed E-state index contributed by atoms with van der Waals surface area (Å²) >= 11 is 12.6. The number of carbonyl (C=O) groups excluding carboxylic acids is 2. The lowest BCUT2D eigenvalue weighted by Gasteiger charge is -2.27. The highest BCUT2D eigenvalue weighted by atomic mass is 35.5. The Kier molecular flexibility index (Phi) is 7.15. The Hall–Kier alpha value is -3.68. The van der Waals surface area contributed by atoms with E-state index in [9.17, 15) is 14.7 Å². The topological polar surface area (TPSA) is 85.3 Å². The summed E-state index contributed by atoms with van der Waals surface area (Å²) in [5.74, 6) is -0.843. The summed E-state index contributed by atoms with van der Waals surface area (Å²) in [5.41, 5.74) is 1.67. The third-order valence-electron chi connectivity index (χ3n) is 6.03. The van der Waals surface area contributed by atoms with Gasteiger partial charge in [-0.3, -0.25) is 14.5 Å². The van der Waals surface area contributed by atoms with Gasteiger partial charge in [0.05, 0.1) is 38.0 Å². The Bertz CT molecular complexity index is 1400. The molecule has 1 unspecified atom stereocenters. The van der Waals surface area contributed by atoms with Crippen molar-refractivity contribution in [2.24, 2.45) is 0 Å². The van der Waals surface area contributed by atoms with Crippen molar-refractivity contribution in [2.45, 2.75) is 13.0 Å². The lowest BCUT2D eigenvalue weighted by Crippen LogP contribution is -2.30. The molecule has 1 atom stereocenters. The number of carbonyl (C=O) groups is 2. The molecule has 1 aliphatic heterocycles. The van der Waals surface area contributed by atoms with Gasteiger partial charge in [-0.2, -0.15) is 0 Å². The first-order valence-corrected chi connectivity index (χ1v) is 11.6. The van der Waals surface area contributed by atoms with Crippen molar-refractivity contribution < 1.29 is 28.9 Å². The number of aryl methyl sites for hydroxylation is 1. The molecule has 36 heavy (non-hydrogen) atoms. The first-order valence-electron chi connectivity index (χ1n) is 10.8. The normalized spacial score (nSPS) is 16.8. The van der Waals surface area contributed by atoms with Crippen LogP contribution in [0.15, 0.2) is 60.2 Å². The third kappa shape index (κ3) is 4.36. The van der Waals surface area contributed by atoms with Crippen LogP contribution in [0, 0.1) is 6.92 Å². The van der Waals surface area contributed by atoms with Crippen LogP contribution >= 0.6 is 23.2 Å². The van der Waals surface area contributed by atoms with Crippen LogP contribution in [-0.4, -0.2) is 38.1 Å². The average Bonchev–Trinajstić information content (AvgIpc) is 3.15. The number of aliphatic hydroxyl groups is 1. The molecule has 0 radical (unpaired) electrons. The lowest BCUT2D eigenvalue weighted by atomic mass is 9.94. The van der Waals surface area contributed by atoms with Crippen LogP contribution in [0.4, 0.5) is 5.69 Å². The fraction of sp³-hybridized carbons (Fsp3) is 0.185. The Labute approximate surface area is 218 Å². The van der Waals surface area contributed by atoms with Crippen molar-refractivity contribution in [3.05, 3.63) is 86.9 Å². The number of rotatable bonds is 6. The van der Waals surface area contributed by atoms with E-state index in [0.29, 0.717) is 39.1 Å². The highest BCUT2D eigenvalue weighted by Gasteiger charge is 2.47. The summed E-state index contributed by atoms with van der Waals surface area (Å²) in [5, 5.41) is 12.0. The predicted molar refractivity (Wildman–Crippen MR) is 139 cm³/mol. The van der Waals surface area contributed by atoms with Gasteiger partial charge in [-0.1, -0.05) is 35.3 Å². The van der Waals surface area contributed by atoms with Crippen molar-refractivity contribution in [2.75, 3.05) is 26.2 Å². The molecule has 7 nitrogen and oxygen atoms in total. The second-order valence-electron chi connectivity index (χ2n) is 8.06. The van der Waals surface area contributed by atoms with Crippen LogP contribution in [0.3, 0.4) is 0 Å². The van der Waals surface area contributed by atoms with Gasteiger partial charge in [-0.05, 0) is 60.5 Å². The van der Waals surface area contributed by atoms with E-state index in [1.54, 1.807) is 49.4 Å². The number of anilines is 1. The first-order chi connectivity index (χ1) is 17.2. The summed E-state index contributed by atoms with van der Waals surface area (Å²) in [6.07, 6.45) is 0. The van der Waals surface area contributed by atoms with Crippen molar-refractivity contribution in [3.8, 4) is 17.2 Å². The molecule has 4 rings (SSSR count). The van der Waals surface area contributed by atoms with Crippen LogP contribution in [-0.2, 0) is 9.59 Å². The number of ketones is 1. The maximum Gasteiger partial charge on any atom is 0.300 e. The largest absolute Gasteiger partial charge is 0.507 e. The van der Waals surface area contributed by atoms with Crippen molar-refractivity contribution in [3.63, 3.8) is 0 Å². The molecule has 0 saturated carbocycles. The number of halogens is 2. The van der Waals surface area contributed by atoms with E-state index < -0.39 is 23.5 Å². The zero-order valence-corrected chi connectivity index (χ0v) is 21.5. The van der Waals surface area contributed by atoms with E-state index >= 15 is 0 Å². The molecule has 1 fully saturated rings. The molecule has 0 aromatic heterocycles. The number of Topliss-reactive ketones (excluding diaryl/α,β-unsaturated/α-hetero) is 1. The second kappa shape index (κ2) is 10.1. The molecule has 0 bridgehead atoms. The average molecular weight is 528 g/mol. The fourth-order valence-electron chi connectivity index (χ4n) is 4.22. The van der Waals surface area contributed by atoms with Crippen LogP contribution in [0.1, 0.15) is 22.7 Å². The zero-order chi connectivity index (χ0) is 26.1. The standard InChI is InChI=1S/C27H23Cl2NO6/c1-14-5-7-16(28)12-20(14)30-24(15-6-10-21(35-3)22(11-15)36-4)23(26(32)27(30)33)25(31)18-13-17(34-2)8-9-19(18)29/h5-13,24,31H,1-4H3/b25-23+. The van der Waals surface area contributed by atoms with Gasteiger partial charge in [0.15, 0.2) is 11.5 Å². The van der Waals surface area contributed by atoms with Crippen molar-refractivity contribution >= 4 is 46.3 Å². The molecule has 9 heteroatoms. The summed E-state index contributed by atoms with van der Waals surface area (Å²) in [4.78, 5) is 28.2. The summed E-state index contributed by atoms with van der Waals surface area (Å²) in [7, 11) is 4.46. The smallest absolute Gasteiger partial charge is 0.300 e. The van der Waals surface area contributed by atoms with Gasteiger partial charge in [0.25, 0.3) is 11.7 Å². The zero-order valence-electron chi connectivity index (χ0n) is 20.0. The number of hydrogen-bond acceptors (Lipinski definition) is 6. The molecular formula is C27H23Cl2NO6. The summed E-state index contributed by atoms with van der Waals surface area (Å²) in [6, 6.07) is 13.7. The van der Waals surface area contributed by atoms with E-state index in [0.717, 1.165) is 0 Å². The summed E-state index contributed by atoms with van der Waals surface area (Å²) < 4.78 is 16.1. The van der Waals surface area contributed by atoms with E-state index in [1.165, 1.54) is 38.4 Å². The van der Waals surface area contributed by atoms with Gasteiger partial charge >= 0.3 is 0 Å². The maximum atomic E-state index is 13.5. The van der Waals surface area contributed by atoms with Crippen molar-refractivity contribution in [1.29, 1.82) is 0 Å². The highest BCUT2D eigenvalue weighted by Crippen LogP contribution is 2.46. The van der Waals surface area contributed by atoms with Gasteiger partial charge in [-0.15, -0.1) is 0 Å². The number of methoxy groups -OCH3 is 3. The van der Waals surface area contributed by atoms with Crippen LogP contribution in [0.25, 0.3) is 5.76 Å². The molecule has 1 aliphatic rings. The molecule has 0 spiro atoms. The van der Waals surface area contributed by atoms with Gasteiger partial charge in [-0.25, -0.2) is 0 Å². The van der Waals surface area contributed by atoms with Gasteiger partial charge in [0, 0.05) is 16.3 Å². The number of amides is 1. The molecular weight excluding hydrogens is 505 g/mol. The Morgan fingerprint density at radius 2 is 1.61 bits per heavy atom. The second-order valence-corrected chi connectivity index (χ2v) is 8.90. The highest BCUT2D eigenvalue weighted by molar-refractivity contribution is 6.52. The van der Waals surface area contributed by atoms with Gasteiger partial charge in [0.2, 0.25) is 0 Å². The monoisotopic (exact) mass is 527 g/mol. The maximum absolute atomic E-state index is 13.5. The molecule has 186 valence electrons. The molecule has 1 amide bonds. The van der Waals surface area contributed by atoms with E-state index in [4.69, 9.17) is 37.4 Å². The molecule has 1 saturated heterocycles. The Morgan fingerprint density at radius 1 is 0.889 bits per heavy atom. The summed E-state index contributed by atoms with van der Waals surface area (Å²) in [6.45, 7) is 1.80. The van der Waals surface area contributed by atoms with E-state index in [2.05, 4.69) is 0 Å². The predicted octanol–water partition coefficient (Wildman–Crippen LogP) is 5.95. The van der Waals surface area contributed by atoms with Crippen LogP contribution in [0.2, 0.25) is 10.0 Å². The Morgan fingerprint density at radius 3 is 2.28 bits per heavy atom. The number of nitrogens with zero attached hydrogens (tertiary/aromatic N) is 1. The SMILES string of the molecule is COc1ccc(Cl)c(/C(O)=C2\C(=O)C(=O)N(c3cc(Cl)ccc3C)C2c2ccc(OC)c(OC)c2)c1. The molecule has 0 aliphatic carbocycles.